The third kappa shape index (κ3) is 4.86. The molecule has 0 saturated carbocycles. The Bertz CT molecular complexity index is 137. The molecule has 1 saturated heterocycles. The molecule has 1 aliphatic rings. The molecular formula is C9H18O3S. The highest BCUT2D eigenvalue weighted by Gasteiger charge is 2.19. The van der Waals surface area contributed by atoms with Gasteiger partial charge in [0.25, 0.3) is 0 Å². The summed E-state index contributed by atoms with van der Waals surface area (Å²) in [5.74, 6) is 0.751. The first-order valence-electron chi connectivity index (χ1n) is 4.67. The fraction of sp³-hybridized carbons (Fsp3) is 1.00. The first-order chi connectivity index (χ1) is 6.18. The topological polar surface area (TPSA) is 38.7 Å². The van der Waals surface area contributed by atoms with Crippen molar-refractivity contribution in [2.75, 3.05) is 25.6 Å². The molecule has 1 atom stereocenters. The van der Waals surface area contributed by atoms with Crippen LogP contribution in [0.1, 0.15) is 13.8 Å². The summed E-state index contributed by atoms with van der Waals surface area (Å²) in [6.45, 7) is 6.06. The smallest absolute Gasteiger partial charge is 0.0864 e. The minimum absolute atomic E-state index is 0.201. The maximum atomic E-state index is 9.48. The summed E-state index contributed by atoms with van der Waals surface area (Å²) in [5, 5.41) is 10.1. The summed E-state index contributed by atoms with van der Waals surface area (Å²) in [5.41, 5.74) is 0. The number of ether oxygens (including phenoxy) is 2. The van der Waals surface area contributed by atoms with Gasteiger partial charge in [-0.1, -0.05) is 0 Å². The van der Waals surface area contributed by atoms with Gasteiger partial charge in [-0.15, -0.1) is 0 Å². The lowest BCUT2D eigenvalue weighted by atomic mass is 10.4. The maximum absolute atomic E-state index is 9.48. The van der Waals surface area contributed by atoms with Gasteiger partial charge in [0.1, 0.15) is 0 Å². The molecule has 0 bridgehead atoms. The maximum Gasteiger partial charge on any atom is 0.0864 e. The van der Waals surface area contributed by atoms with Crippen LogP contribution in [0.25, 0.3) is 0 Å². The molecular weight excluding hydrogens is 188 g/mol. The van der Waals surface area contributed by atoms with E-state index in [0.29, 0.717) is 11.9 Å². The molecule has 4 heteroatoms. The normalized spacial score (nSPS) is 20.3. The summed E-state index contributed by atoms with van der Waals surface area (Å²) in [4.78, 5) is 0. The fourth-order valence-electron chi connectivity index (χ4n) is 0.909. The Labute approximate surface area is 83.8 Å². The number of aliphatic hydroxyl groups is 1. The predicted octanol–water partition coefficient (Wildman–Crippen LogP) is 0.904. The Balaban J connectivity index is 1.93. The van der Waals surface area contributed by atoms with Crippen LogP contribution in [0, 0.1) is 0 Å². The van der Waals surface area contributed by atoms with E-state index in [1.54, 1.807) is 11.8 Å². The molecule has 1 rings (SSSR count). The summed E-state index contributed by atoms with van der Waals surface area (Å²) in [6.07, 6.45) is -0.139. The summed E-state index contributed by atoms with van der Waals surface area (Å²) in [6, 6.07) is 0. The van der Waals surface area contributed by atoms with Crippen LogP contribution in [0.4, 0.5) is 0 Å². The van der Waals surface area contributed by atoms with E-state index in [0.717, 1.165) is 19.0 Å². The van der Waals surface area contributed by atoms with E-state index >= 15 is 0 Å². The van der Waals surface area contributed by atoms with Crippen LogP contribution in [0.2, 0.25) is 0 Å². The molecule has 1 heterocycles. The lowest BCUT2D eigenvalue weighted by Crippen LogP contribution is -2.32. The minimum Gasteiger partial charge on any atom is -0.390 e. The Hall–Kier alpha value is 0.230. The Kier molecular flexibility index (Phi) is 5.09. The predicted molar refractivity (Wildman–Crippen MR) is 54.2 cm³/mol. The second-order valence-electron chi connectivity index (χ2n) is 3.53. The van der Waals surface area contributed by atoms with Crippen molar-refractivity contribution in [3.8, 4) is 0 Å². The SMILES string of the molecule is CC(C)OCC(O)CSC1COC1. The zero-order valence-corrected chi connectivity index (χ0v) is 9.05. The Morgan fingerprint density at radius 3 is 2.69 bits per heavy atom. The molecule has 0 amide bonds. The van der Waals surface area contributed by atoms with Gasteiger partial charge < -0.3 is 14.6 Å². The van der Waals surface area contributed by atoms with Crippen molar-refractivity contribution in [2.45, 2.75) is 31.3 Å². The summed E-state index contributed by atoms with van der Waals surface area (Å²) >= 11 is 1.77. The van der Waals surface area contributed by atoms with Crippen molar-refractivity contribution in [3.63, 3.8) is 0 Å². The molecule has 0 spiro atoms. The molecule has 1 fully saturated rings. The first kappa shape index (κ1) is 11.3. The van der Waals surface area contributed by atoms with E-state index in [1.165, 1.54) is 0 Å². The highest BCUT2D eigenvalue weighted by molar-refractivity contribution is 8.00. The molecule has 3 nitrogen and oxygen atoms in total. The van der Waals surface area contributed by atoms with E-state index in [1.807, 2.05) is 13.8 Å². The van der Waals surface area contributed by atoms with Crippen LogP contribution < -0.4 is 0 Å². The van der Waals surface area contributed by atoms with Crippen LogP contribution in [-0.4, -0.2) is 48.1 Å². The third-order valence-corrected chi connectivity index (χ3v) is 3.07. The standard InChI is InChI=1S/C9H18O3S/c1-7(2)12-3-8(10)6-13-9-4-11-5-9/h7-10H,3-6H2,1-2H3. The van der Waals surface area contributed by atoms with E-state index < -0.39 is 0 Å². The molecule has 0 aromatic carbocycles. The number of thioether (sulfide) groups is 1. The van der Waals surface area contributed by atoms with Crippen molar-refractivity contribution in [1.29, 1.82) is 0 Å². The molecule has 13 heavy (non-hydrogen) atoms. The van der Waals surface area contributed by atoms with Gasteiger partial charge in [-0.2, -0.15) is 11.8 Å². The average molecular weight is 206 g/mol. The molecule has 1 aliphatic heterocycles. The number of rotatable bonds is 6. The molecule has 0 aromatic heterocycles. The zero-order valence-electron chi connectivity index (χ0n) is 8.23. The molecule has 1 unspecified atom stereocenters. The quantitative estimate of drug-likeness (QED) is 0.701. The van der Waals surface area contributed by atoms with Crippen molar-refractivity contribution in [3.05, 3.63) is 0 Å². The molecule has 0 radical (unpaired) electrons. The van der Waals surface area contributed by atoms with Crippen LogP contribution >= 0.6 is 11.8 Å². The number of hydrogen-bond acceptors (Lipinski definition) is 4. The molecule has 78 valence electrons. The van der Waals surface area contributed by atoms with Crippen LogP contribution in [0.15, 0.2) is 0 Å². The monoisotopic (exact) mass is 206 g/mol. The van der Waals surface area contributed by atoms with Gasteiger partial charge in [-0.25, -0.2) is 0 Å². The van der Waals surface area contributed by atoms with E-state index in [-0.39, 0.29) is 12.2 Å². The van der Waals surface area contributed by atoms with Gasteiger partial charge in [0, 0.05) is 5.75 Å². The minimum atomic E-state index is -0.340. The van der Waals surface area contributed by atoms with Gasteiger partial charge in [-0.05, 0) is 13.8 Å². The van der Waals surface area contributed by atoms with Crippen LogP contribution in [0.5, 0.6) is 0 Å². The van der Waals surface area contributed by atoms with E-state index in [4.69, 9.17) is 9.47 Å². The Morgan fingerprint density at radius 1 is 1.54 bits per heavy atom. The number of aliphatic hydroxyl groups excluding tert-OH is 1. The van der Waals surface area contributed by atoms with Gasteiger partial charge in [0.2, 0.25) is 0 Å². The highest BCUT2D eigenvalue weighted by atomic mass is 32.2. The van der Waals surface area contributed by atoms with Gasteiger partial charge in [-0.3, -0.25) is 0 Å². The van der Waals surface area contributed by atoms with E-state index in [2.05, 4.69) is 0 Å². The summed E-state index contributed by atoms with van der Waals surface area (Å²) < 4.78 is 10.3. The largest absolute Gasteiger partial charge is 0.390 e. The average Bonchev–Trinajstić information content (AvgIpc) is 1.98. The number of hydrogen-bond donors (Lipinski definition) is 1. The third-order valence-electron chi connectivity index (χ3n) is 1.75. The lowest BCUT2D eigenvalue weighted by Gasteiger charge is -2.26. The van der Waals surface area contributed by atoms with Gasteiger partial charge in [0.15, 0.2) is 0 Å². The second kappa shape index (κ2) is 5.86. The molecule has 0 aliphatic carbocycles. The van der Waals surface area contributed by atoms with Crippen molar-refractivity contribution >= 4 is 11.8 Å². The van der Waals surface area contributed by atoms with Crippen molar-refractivity contribution in [2.24, 2.45) is 0 Å². The van der Waals surface area contributed by atoms with Crippen LogP contribution in [0.3, 0.4) is 0 Å². The van der Waals surface area contributed by atoms with Crippen molar-refractivity contribution < 1.29 is 14.6 Å². The van der Waals surface area contributed by atoms with Gasteiger partial charge >= 0.3 is 0 Å². The Morgan fingerprint density at radius 2 is 2.23 bits per heavy atom. The lowest BCUT2D eigenvalue weighted by molar-refractivity contribution is 0.0144. The first-order valence-corrected chi connectivity index (χ1v) is 5.72. The molecule has 0 aromatic rings. The van der Waals surface area contributed by atoms with Crippen molar-refractivity contribution in [1.82, 2.24) is 0 Å². The summed E-state index contributed by atoms with van der Waals surface area (Å²) in [7, 11) is 0. The van der Waals surface area contributed by atoms with Crippen LogP contribution in [-0.2, 0) is 9.47 Å². The second-order valence-corrected chi connectivity index (χ2v) is 4.86. The molecule has 1 N–H and O–H groups in total. The highest BCUT2D eigenvalue weighted by Crippen LogP contribution is 2.19. The zero-order chi connectivity index (χ0) is 9.68. The van der Waals surface area contributed by atoms with Gasteiger partial charge in [0.05, 0.1) is 37.3 Å². The fourth-order valence-corrected chi connectivity index (χ4v) is 1.88. The van der Waals surface area contributed by atoms with E-state index in [9.17, 15) is 5.11 Å².